The van der Waals surface area contributed by atoms with E-state index in [9.17, 15) is 4.79 Å². The van der Waals surface area contributed by atoms with Crippen molar-refractivity contribution in [3.05, 3.63) is 29.3 Å². The number of halogens is 1. The van der Waals surface area contributed by atoms with Crippen LogP contribution in [0.5, 0.6) is 0 Å². The van der Waals surface area contributed by atoms with E-state index in [-0.39, 0.29) is 12.2 Å². The molecule has 19 heavy (non-hydrogen) atoms. The van der Waals surface area contributed by atoms with E-state index in [1.807, 2.05) is 18.2 Å². The molecule has 0 aliphatic carbocycles. The minimum atomic E-state index is -0.281. The van der Waals surface area contributed by atoms with E-state index >= 15 is 0 Å². The van der Waals surface area contributed by atoms with Gasteiger partial charge in [0, 0.05) is 5.92 Å². The van der Waals surface area contributed by atoms with Gasteiger partial charge in [0.2, 0.25) is 0 Å². The van der Waals surface area contributed by atoms with E-state index in [0.717, 1.165) is 31.6 Å². The number of cyclic esters (lactones) is 1. The number of anilines is 1. The molecule has 2 fully saturated rings. The Kier molecular flexibility index (Phi) is 3.62. The summed E-state index contributed by atoms with van der Waals surface area (Å²) in [5.74, 6) is 0.456. The number of carbonyl (C=O) groups is 1. The predicted octanol–water partition coefficient (Wildman–Crippen LogP) is 2.66. The molecule has 2 heterocycles. The molecule has 0 radical (unpaired) electrons. The summed E-state index contributed by atoms with van der Waals surface area (Å²) in [7, 11) is 0. The monoisotopic (exact) mass is 280 g/mol. The lowest BCUT2D eigenvalue weighted by Gasteiger charge is -2.26. The molecule has 1 amide bonds. The highest BCUT2D eigenvalue weighted by molar-refractivity contribution is 6.33. The molecule has 102 valence electrons. The van der Waals surface area contributed by atoms with Gasteiger partial charge in [-0.25, -0.2) is 4.79 Å². The largest absolute Gasteiger partial charge is 0.444 e. The van der Waals surface area contributed by atoms with Crippen molar-refractivity contribution >= 4 is 23.4 Å². The predicted molar refractivity (Wildman–Crippen MR) is 74.7 cm³/mol. The van der Waals surface area contributed by atoms with Crippen LogP contribution in [0.4, 0.5) is 10.5 Å². The third-order valence-corrected chi connectivity index (χ3v) is 4.21. The second-order valence-corrected chi connectivity index (χ2v) is 5.48. The zero-order valence-electron chi connectivity index (χ0n) is 10.6. The van der Waals surface area contributed by atoms with Crippen molar-refractivity contribution in [1.29, 1.82) is 0 Å². The van der Waals surface area contributed by atoms with E-state index in [1.165, 1.54) is 0 Å². The van der Waals surface area contributed by atoms with E-state index in [0.29, 0.717) is 17.5 Å². The van der Waals surface area contributed by atoms with Crippen LogP contribution in [-0.4, -0.2) is 31.8 Å². The average molecular weight is 281 g/mol. The summed E-state index contributed by atoms with van der Waals surface area (Å²) in [6.07, 6.45) is 1.84. The van der Waals surface area contributed by atoms with E-state index in [2.05, 4.69) is 5.32 Å². The molecular weight excluding hydrogens is 264 g/mol. The van der Waals surface area contributed by atoms with Crippen LogP contribution in [0.1, 0.15) is 12.8 Å². The summed E-state index contributed by atoms with van der Waals surface area (Å²) in [6.45, 7) is 2.61. The highest BCUT2D eigenvalue weighted by Gasteiger charge is 2.38. The molecule has 1 unspecified atom stereocenters. The molecule has 3 rings (SSSR count). The van der Waals surface area contributed by atoms with E-state index in [1.54, 1.807) is 11.0 Å². The number of benzene rings is 1. The smallest absolute Gasteiger partial charge is 0.414 e. The van der Waals surface area contributed by atoms with Crippen molar-refractivity contribution in [3.8, 4) is 0 Å². The third-order valence-electron chi connectivity index (χ3n) is 3.89. The number of para-hydroxylation sites is 1. The maximum Gasteiger partial charge on any atom is 0.414 e. The summed E-state index contributed by atoms with van der Waals surface area (Å²) < 4.78 is 5.52. The summed E-state index contributed by atoms with van der Waals surface area (Å²) in [6, 6.07) is 7.39. The second kappa shape index (κ2) is 5.39. The first-order valence-electron chi connectivity index (χ1n) is 6.69. The number of nitrogens with zero attached hydrogens (tertiary/aromatic N) is 1. The van der Waals surface area contributed by atoms with Crippen LogP contribution >= 0.6 is 11.6 Å². The quantitative estimate of drug-likeness (QED) is 0.906. The van der Waals surface area contributed by atoms with Gasteiger partial charge in [-0.05, 0) is 38.1 Å². The Hall–Kier alpha value is -1.26. The number of nitrogens with one attached hydrogen (secondary N) is 1. The molecule has 0 spiro atoms. The fourth-order valence-electron chi connectivity index (χ4n) is 2.81. The standard InChI is InChI=1S/C14H17ClN2O2/c15-11-3-1-2-4-12(11)17-9-13(19-14(17)18)10-5-7-16-8-6-10/h1-4,10,13,16H,5-9H2. The Morgan fingerprint density at radius 1 is 1.26 bits per heavy atom. The van der Waals surface area contributed by atoms with Crippen molar-refractivity contribution in [1.82, 2.24) is 5.32 Å². The molecular formula is C14H17ClN2O2. The molecule has 5 heteroatoms. The van der Waals surface area contributed by atoms with Crippen molar-refractivity contribution in [2.24, 2.45) is 5.92 Å². The first kappa shape index (κ1) is 12.8. The maximum absolute atomic E-state index is 12.0. The van der Waals surface area contributed by atoms with Gasteiger partial charge in [-0.1, -0.05) is 23.7 Å². The van der Waals surface area contributed by atoms with Gasteiger partial charge in [-0.15, -0.1) is 0 Å². The van der Waals surface area contributed by atoms with Crippen LogP contribution in [0.25, 0.3) is 0 Å². The number of hydrogen-bond donors (Lipinski definition) is 1. The lowest BCUT2D eigenvalue weighted by atomic mass is 9.92. The summed E-state index contributed by atoms with van der Waals surface area (Å²) in [4.78, 5) is 13.7. The average Bonchev–Trinajstić information content (AvgIpc) is 2.82. The molecule has 0 aromatic heterocycles. The maximum atomic E-state index is 12.0. The zero-order chi connectivity index (χ0) is 13.2. The van der Waals surface area contributed by atoms with Crippen molar-refractivity contribution in [2.45, 2.75) is 18.9 Å². The molecule has 4 nitrogen and oxygen atoms in total. The summed E-state index contributed by atoms with van der Waals surface area (Å²) >= 11 is 6.14. The Bertz CT molecular complexity index is 474. The molecule has 1 atom stereocenters. The van der Waals surface area contributed by atoms with Gasteiger partial charge >= 0.3 is 6.09 Å². The van der Waals surface area contributed by atoms with Crippen LogP contribution in [0.3, 0.4) is 0 Å². The minimum Gasteiger partial charge on any atom is -0.444 e. The van der Waals surface area contributed by atoms with Gasteiger partial charge in [-0.3, -0.25) is 4.90 Å². The first-order valence-corrected chi connectivity index (χ1v) is 7.07. The lowest BCUT2D eigenvalue weighted by Crippen LogP contribution is -2.36. The Balaban J connectivity index is 1.75. The second-order valence-electron chi connectivity index (χ2n) is 5.07. The van der Waals surface area contributed by atoms with Crippen molar-refractivity contribution < 1.29 is 9.53 Å². The summed E-state index contributed by atoms with van der Waals surface area (Å²) in [5, 5.41) is 3.91. The van der Waals surface area contributed by atoms with Crippen LogP contribution in [0, 0.1) is 5.92 Å². The molecule has 2 saturated heterocycles. The van der Waals surface area contributed by atoms with Crippen LogP contribution < -0.4 is 10.2 Å². The highest BCUT2D eigenvalue weighted by atomic mass is 35.5. The Morgan fingerprint density at radius 2 is 2.00 bits per heavy atom. The van der Waals surface area contributed by atoms with Crippen molar-refractivity contribution in [2.75, 3.05) is 24.5 Å². The fraction of sp³-hybridized carbons (Fsp3) is 0.500. The number of piperidine rings is 1. The van der Waals surface area contributed by atoms with Gasteiger partial charge < -0.3 is 10.1 Å². The van der Waals surface area contributed by atoms with Gasteiger partial charge in [0.05, 0.1) is 17.3 Å². The first-order chi connectivity index (χ1) is 9.25. The topological polar surface area (TPSA) is 41.6 Å². The van der Waals surface area contributed by atoms with E-state index in [4.69, 9.17) is 16.3 Å². The summed E-state index contributed by atoms with van der Waals surface area (Å²) in [5.41, 5.74) is 0.741. The van der Waals surface area contributed by atoms with Crippen molar-refractivity contribution in [3.63, 3.8) is 0 Å². The lowest BCUT2D eigenvalue weighted by molar-refractivity contribution is 0.0919. The SMILES string of the molecule is O=C1OC(C2CCNCC2)CN1c1ccccc1Cl. The molecule has 1 aromatic carbocycles. The van der Waals surface area contributed by atoms with Gasteiger partial charge in [-0.2, -0.15) is 0 Å². The fourth-order valence-corrected chi connectivity index (χ4v) is 3.05. The third kappa shape index (κ3) is 2.55. The van der Waals surface area contributed by atoms with E-state index < -0.39 is 0 Å². The van der Waals surface area contributed by atoms with Crippen LogP contribution in [0.2, 0.25) is 5.02 Å². The van der Waals surface area contributed by atoms with Gasteiger partial charge in [0.15, 0.2) is 0 Å². The van der Waals surface area contributed by atoms with Crippen LogP contribution in [0.15, 0.2) is 24.3 Å². The Morgan fingerprint density at radius 3 is 2.74 bits per heavy atom. The number of hydrogen-bond acceptors (Lipinski definition) is 3. The molecule has 0 saturated carbocycles. The molecule has 1 N–H and O–H groups in total. The number of rotatable bonds is 2. The number of ether oxygens (including phenoxy) is 1. The van der Waals surface area contributed by atoms with Gasteiger partial charge in [0.1, 0.15) is 6.10 Å². The molecule has 2 aliphatic rings. The normalized spacial score (nSPS) is 24.6. The number of amides is 1. The molecule has 0 bridgehead atoms. The minimum absolute atomic E-state index is 0.00845. The zero-order valence-corrected chi connectivity index (χ0v) is 11.4. The number of carbonyl (C=O) groups excluding carboxylic acids is 1. The van der Waals surface area contributed by atoms with Crippen LogP contribution in [-0.2, 0) is 4.74 Å². The molecule has 2 aliphatic heterocycles. The molecule has 1 aromatic rings. The Labute approximate surface area is 117 Å². The van der Waals surface area contributed by atoms with Gasteiger partial charge in [0.25, 0.3) is 0 Å². The highest BCUT2D eigenvalue weighted by Crippen LogP contribution is 2.32.